The fourth-order valence-electron chi connectivity index (χ4n) is 1.77. The molecule has 0 aliphatic carbocycles. The van der Waals surface area contributed by atoms with Gasteiger partial charge in [0.15, 0.2) is 0 Å². The molecule has 1 aliphatic rings. The lowest BCUT2D eigenvalue weighted by Crippen LogP contribution is -2.37. The van der Waals surface area contributed by atoms with Gasteiger partial charge in [-0.25, -0.2) is 4.79 Å². The van der Waals surface area contributed by atoms with Gasteiger partial charge in [0, 0.05) is 19.5 Å². The summed E-state index contributed by atoms with van der Waals surface area (Å²) in [4.78, 5) is 23.6. The second kappa shape index (κ2) is 5.67. The lowest BCUT2D eigenvalue weighted by molar-refractivity contribution is -0.120. The first kappa shape index (κ1) is 11.9. The molecule has 0 spiro atoms. The van der Waals surface area contributed by atoms with Crippen molar-refractivity contribution in [2.45, 2.75) is 12.8 Å². The molecule has 6 nitrogen and oxygen atoms in total. The van der Waals surface area contributed by atoms with Gasteiger partial charge in [0.1, 0.15) is 0 Å². The highest BCUT2D eigenvalue weighted by Crippen LogP contribution is 2.14. The Hall–Kier alpha value is -1.14. The highest BCUT2D eigenvalue weighted by molar-refractivity contribution is 5.93. The smallest absolute Gasteiger partial charge is 0.318 e. The molecule has 0 aromatic heterocycles. The Morgan fingerprint density at radius 1 is 1.47 bits per heavy atom. The molecule has 0 saturated carbocycles. The SMILES string of the molecule is NCC1CCN(CCC(=O)NC(N)=O)C1. The molecule has 0 aromatic rings. The number of nitrogens with two attached hydrogens (primary N) is 2. The number of nitrogens with one attached hydrogen (secondary N) is 1. The third-order valence-electron chi connectivity index (χ3n) is 2.62. The van der Waals surface area contributed by atoms with Crippen LogP contribution in [0.5, 0.6) is 0 Å². The number of imide groups is 1. The van der Waals surface area contributed by atoms with Gasteiger partial charge >= 0.3 is 6.03 Å². The largest absolute Gasteiger partial charge is 0.351 e. The molecule has 1 heterocycles. The molecule has 0 bridgehead atoms. The lowest BCUT2D eigenvalue weighted by Gasteiger charge is -2.14. The Labute approximate surface area is 89.0 Å². The predicted octanol–water partition coefficient (Wildman–Crippen LogP) is -1.15. The molecular weight excluding hydrogens is 196 g/mol. The van der Waals surface area contributed by atoms with E-state index in [1.165, 1.54) is 0 Å². The maximum absolute atomic E-state index is 11.1. The first-order valence-electron chi connectivity index (χ1n) is 5.13. The van der Waals surface area contributed by atoms with Crippen molar-refractivity contribution < 1.29 is 9.59 Å². The molecular formula is C9H18N4O2. The van der Waals surface area contributed by atoms with Crippen molar-refractivity contribution in [1.29, 1.82) is 0 Å². The molecule has 1 rings (SSSR count). The maximum atomic E-state index is 11.1. The van der Waals surface area contributed by atoms with E-state index in [1.54, 1.807) is 0 Å². The van der Waals surface area contributed by atoms with Crippen LogP contribution in [0.2, 0.25) is 0 Å². The van der Waals surface area contributed by atoms with Crippen molar-refractivity contribution in [3.8, 4) is 0 Å². The van der Waals surface area contributed by atoms with E-state index in [2.05, 4.69) is 4.90 Å². The average Bonchev–Trinajstić information content (AvgIpc) is 2.61. The summed E-state index contributed by atoms with van der Waals surface area (Å²) in [6, 6.07) is -0.791. The summed E-state index contributed by atoms with van der Waals surface area (Å²) in [5, 5.41) is 2.04. The van der Waals surface area contributed by atoms with Gasteiger partial charge in [0.05, 0.1) is 0 Å². The molecule has 0 radical (unpaired) electrons. The highest BCUT2D eigenvalue weighted by atomic mass is 16.2. The highest BCUT2D eigenvalue weighted by Gasteiger charge is 2.21. The van der Waals surface area contributed by atoms with Crippen LogP contribution in [0.1, 0.15) is 12.8 Å². The van der Waals surface area contributed by atoms with Crippen LogP contribution in [0, 0.1) is 5.92 Å². The number of amides is 3. The van der Waals surface area contributed by atoms with Crippen molar-refractivity contribution in [3.05, 3.63) is 0 Å². The number of hydrogen-bond acceptors (Lipinski definition) is 4. The van der Waals surface area contributed by atoms with Gasteiger partial charge in [0.25, 0.3) is 0 Å². The van der Waals surface area contributed by atoms with E-state index in [0.717, 1.165) is 19.5 Å². The fraction of sp³-hybridized carbons (Fsp3) is 0.778. The van der Waals surface area contributed by atoms with Gasteiger partial charge in [0.2, 0.25) is 5.91 Å². The number of carbonyl (C=O) groups excluding carboxylic acids is 2. The van der Waals surface area contributed by atoms with Crippen LogP contribution in [-0.4, -0.2) is 43.0 Å². The first-order chi connectivity index (χ1) is 7.11. The fourth-order valence-corrected chi connectivity index (χ4v) is 1.77. The van der Waals surface area contributed by atoms with E-state index in [9.17, 15) is 9.59 Å². The number of nitrogens with zero attached hydrogens (tertiary/aromatic N) is 1. The molecule has 86 valence electrons. The molecule has 1 aliphatic heterocycles. The zero-order chi connectivity index (χ0) is 11.3. The topological polar surface area (TPSA) is 101 Å². The Morgan fingerprint density at radius 2 is 2.20 bits per heavy atom. The van der Waals surface area contributed by atoms with Gasteiger partial charge in [-0.1, -0.05) is 0 Å². The zero-order valence-corrected chi connectivity index (χ0v) is 8.74. The average molecular weight is 214 g/mol. The summed E-state index contributed by atoms with van der Waals surface area (Å²) in [6.45, 7) is 3.28. The second-order valence-electron chi connectivity index (χ2n) is 3.85. The molecule has 5 N–H and O–H groups in total. The standard InChI is InChI=1S/C9H18N4O2/c10-5-7-1-3-13(6-7)4-2-8(14)12-9(11)15/h7H,1-6,10H2,(H3,11,12,14,15). The van der Waals surface area contributed by atoms with Crippen molar-refractivity contribution in [3.63, 3.8) is 0 Å². The molecule has 0 aromatic carbocycles. The molecule has 1 atom stereocenters. The van der Waals surface area contributed by atoms with Crippen molar-refractivity contribution in [2.24, 2.45) is 17.4 Å². The van der Waals surface area contributed by atoms with Crippen LogP contribution in [0.3, 0.4) is 0 Å². The van der Waals surface area contributed by atoms with E-state index in [1.807, 2.05) is 5.32 Å². The van der Waals surface area contributed by atoms with E-state index < -0.39 is 6.03 Å². The molecule has 1 saturated heterocycles. The number of carbonyl (C=O) groups is 2. The van der Waals surface area contributed by atoms with Crippen molar-refractivity contribution in [2.75, 3.05) is 26.2 Å². The first-order valence-corrected chi connectivity index (χ1v) is 5.13. The van der Waals surface area contributed by atoms with Gasteiger partial charge in [-0.05, 0) is 25.4 Å². The normalized spacial score (nSPS) is 21.5. The number of primary amides is 1. The van der Waals surface area contributed by atoms with E-state index >= 15 is 0 Å². The summed E-state index contributed by atoms with van der Waals surface area (Å²) in [7, 11) is 0. The zero-order valence-electron chi connectivity index (χ0n) is 8.74. The maximum Gasteiger partial charge on any atom is 0.318 e. The summed E-state index contributed by atoms with van der Waals surface area (Å²) < 4.78 is 0. The number of urea groups is 1. The minimum absolute atomic E-state index is 0.306. The Bertz CT molecular complexity index is 244. The van der Waals surface area contributed by atoms with E-state index in [4.69, 9.17) is 11.5 Å². The van der Waals surface area contributed by atoms with Gasteiger partial charge in [-0.15, -0.1) is 0 Å². The van der Waals surface area contributed by atoms with Gasteiger partial charge < -0.3 is 16.4 Å². The number of rotatable bonds is 4. The molecule has 15 heavy (non-hydrogen) atoms. The molecule has 6 heteroatoms. The molecule has 3 amide bonds. The quantitative estimate of drug-likeness (QED) is 0.550. The van der Waals surface area contributed by atoms with Crippen LogP contribution in [0.25, 0.3) is 0 Å². The Balaban J connectivity index is 2.15. The van der Waals surface area contributed by atoms with E-state index in [0.29, 0.717) is 25.4 Å². The molecule has 1 fully saturated rings. The summed E-state index contributed by atoms with van der Waals surface area (Å²) in [5.41, 5.74) is 10.4. The Kier molecular flexibility index (Phi) is 4.51. The van der Waals surface area contributed by atoms with Crippen molar-refractivity contribution in [1.82, 2.24) is 10.2 Å². The second-order valence-corrected chi connectivity index (χ2v) is 3.85. The molecule has 1 unspecified atom stereocenters. The predicted molar refractivity (Wildman–Crippen MR) is 55.9 cm³/mol. The summed E-state index contributed by atoms with van der Waals surface area (Å²) in [5.74, 6) is 0.225. The number of hydrogen-bond donors (Lipinski definition) is 3. The van der Waals surface area contributed by atoms with Crippen LogP contribution >= 0.6 is 0 Å². The third-order valence-corrected chi connectivity index (χ3v) is 2.62. The van der Waals surface area contributed by atoms with Crippen molar-refractivity contribution >= 4 is 11.9 Å². The third kappa shape index (κ3) is 4.26. The van der Waals surface area contributed by atoms with Crippen LogP contribution in [0.4, 0.5) is 4.79 Å². The van der Waals surface area contributed by atoms with Gasteiger partial charge in [-0.2, -0.15) is 0 Å². The minimum atomic E-state index is -0.791. The Morgan fingerprint density at radius 3 is 2.73 bits per heavy atom. The number of likely N-dealkylation sites (tertiary alicyclic amines) is 1. The minimum Gasteiger partial charge on any atom is -0.351 e. The summed E-state index contributed by atoms with van der Waals surface area (Å²) >= 11 is 0. The lowest BCUT2D eigenvalue weighted by atomic mass is 10.1. The van der Waals surface area contributed by atoms with E-state index in [-0.39, 0.29) is 5.91 Å². The van der Waals surface area contributed by atoms with Crippen LogP contribution in [0.15, 0.2) is 0 Å². The monoisotopic (exact) mass is 214 g/mol. The van der Waals surface area contributed by atoms with Gasteiger partial charge in [-0.3, -0.25) is 10.1 Å². The van der Waals surface area contributed by atoms with Crippen LogP contribution in [-0.2, 0) is 4.79 Å². The van der Waals surface area contributed by atoms with Crippen LogP contribution < -0.4 is 16.8 Å². The summed E-state index contributed by atoms with van der Waals surface area (Å²) in [6.07, 6.45) is 1.40.